The number of halogens is 2. The Morgan fingerprint density at radius 3 is 1.75 bits per heavy atom. The van der Waals surface area contributed by atoms with Crippen molar-refractivity contribution in [2.24, 2.45) is 0 Å². The van der Waals surface area contributed by atoms with Crippen LogP contribution in [0.1, 0.15) is 172 Å². The van der Waals surface area contributed by atoms with E-state index in [0.717, 1.165) is 74.7 Å². The van der Waals surface area contributed by atoms with Gasteiger partial charge in [-0.2, -0.15) is 0 Å². The van der Waals surface area contributed by atoms with Crippen LogP contribution >= 0.6 is 41.0 Å². The maximum atomic E-state index is 12.1. The van der Waals surface area contributed by atoms with Gasteiger partial charge in [-0.25, -0.2) is 4.70 Å². The third-order valence-corrected chi connectivity index (χ3v) is 9.29. The summed E-state index contributed by atoms with van der Waals surface area (Å²) in [5, 5.41) is 0. The van der Waals surface area contributed by atoms with Crippen LogP contribution in [0.2, 0.25) is 0 Å². The molecule has 0 atom stereocenters. The molecule has 2 nitrogen and oxygen atoms in total. The number of aryl methyl sites for hydroxylation is 2. The van der Waals surface area contributed by atoms with Gasteiger partial charge in [0.15, 0.2) is 0 Å². The minimum atomic E-state index is 0.861. The Hall–Kier alpha value is -0.966. The summed E-state index contributed by atoms with van der Waals surface area (Å²) >= 11 is 4.43. The molecule has 0 bridgehead atoms. The van der Waals surface area contributed by atoms with Crippen molar-refractivity contribution in [3.05, 3.63) is 87.5 Å². The molecule has 3 rings (SSSR count). The summed E-state index contributed by atoms with van der Waals surface area (Å²) in [6.07, 6.45) is 24.8. The number of hydrogen-bond donors (Lipinski definition) is 0. The van der Waals surface area contributed by atoms with Gasteiger partial charge in [0.25, 0.3) is 0 Å². The molecule has 0 saturated carbocycles. The summed E-state index contributed by atoms with van der Waals surface area (Å²) < 4.78 is 1.56. The normalized spacial score (nSPS) is 12.8. The van der Waals surface area contributed by atoms with Gasteiger partial charge in [-0.3, -0.25) is 0 Å². The summed E-state index contributed by atoms with van der Waals surface area (Å²) in [4.78, 5) is 0. The van der Waals surface area contributed by atoms with Crippen LogP contribution in [0.3, 0.4) is 0 Å². The third-order valence-electron chi connectivity index (χ3n) is 9.29. The van der Waals surface area contributed by atoms with E-state index in [1.54, 1.807) is 12.8 Å². The molecule has 0 N–H and O–H groups in total. The van der Waals surface area contributed by atoms with Gasteiger partial charge < -0.3 is 5.53 Å². The molecule has 2 aromatic rings. The number of hydrogen-bond acceptors (Lipinski definition) is 0. The van der Waals surface area contributed by atoms with Crippen LogP contribution in [0.25, 0.3) is 16.9 Å². The van der Waals surface area contributed by atoms with Gasteiger partial charge in [0.05, 0.1) is 0 Å². The average Bonchev–Trinajstić information content (AvgIpc) is 3.37. The monoisotopic (exact) mass is 918 g/mol. The van der Waals surface area contributed by atoms with Crippen LogP contribution < -0.4 is 0 Å². The Balaban J connectivity index is 0.00000257. The number of benzene rings is 2. The molecule has 0 fully saturated rings. The van der Waals surface area contributed by atoms with Gasteiger partial charge in [0, 0.05) is 35.1 Å². The number of unbranched alkanes of at least 4 members (excludes halogenated alkanes) is 12. The third kappa shape index (κ3) is 15.5. The minimum absolute atomic E-state index is 0.861. The second-order valence-corrected chi connectivity index (χ2v) is 21.4. The molecule has 48 heavy (non-hydrogen) atoms. The molecule has 0 aliphatic carbocycles. The van der Waals surface area contributed by atoms with E-state index < -0.39 is 0 Å². The van der Waals surface area contributed by atoms with Crippen LogP contribution in [0.5, 0.6) is 0 Å². The summed E-state index contributed by atoms with van der Waals surface area (Å²) in [6.45, 7) is 9.07. The Morgan fingerprint density at radius 1 is 0.562 bits per heavy atom. The summed E-state index contributed by atoms with van der Waals surface area (Å²) in [6, 6.07) is 17.7. The number of rotatable bonds is 22. The quantitative estimate of drug-likeness (QED) is 0.0370. The first-order valence-corrected chi connectivity index (χ1v) is 25.4. The topological polar surface area (TPSA) is 25.3 Å². The van der Waals surface area contributed by atoms with E-state index in [2.05, 4.69) is 129 Å². The standard InChI is InChI=1S/C43H62N2.2HI.Ni/c1-5-9-13-15-16-17-18-19-20-21-22-27-37-28-24-25-30-39(37)43-41(29-12-8-4)40(31-23-14-10-6-2)42(45(43)44)38-34-32-36(33-35-38)26-11-7-3;;;/h24-25,28,30,32-35H,5-19,22-23,26-27,29,31H2,1-4H3;2*1H;/q;;;+2/p-2. The first-order chi connectivity index (χ1) is 23.6. The SMILES string of the molecule is CCCCCCCCCC#CCCc1ccccc1C1=C(CCCC)C(CCCCCC)=C(c2ccc(CCCC)cc2)[N+]1=[N-].[I][Ni][I]. The van der Waals surface area contributed by atoms with Crippen molar-refractivity contribution in [1.29, 1.82) is 0 Å². The van der Waals surface area contributed by atoms with Crippen LogP contribution in [-0.4, -0.2) is 4.70 Å². The van der Waals surface area contributed by atoms with E-state index in [4.69, 9.17) is 0 Å². The molecule has 2 aromatic carbocycles. The Morgan fingerprint density at radius 2 is 1.08 bits per heavy atom. The van der Waals surface area contributed by atoms with Gasteiger partial charge in [-0.05, 0) is 80.7 Å². The van der Waals surface area contributed by atoms with Gasteiger partial charge in [-0.15, -0.1) is 11.8 Å². The molecule has 1 aliphatic heterocycles. The molecule has 0 saturated heterocycles. The molecule has 0 spiro atoms. The second kappa shape index (κ2) is 27.7. The van der Waals surface area contributed by atoms with E-state index in [-0.39, 0.29) is 0 Å². The molecule has 268 valence electrons. The zero-order chi connectivity index (χ0) is 34.8. The average molecular weight is 919 g/mol. The van der Waals surface area contributed by atoms with Gasteiger partial charge in [0.1, 0.15) is 0 Å². The second-order valence-electron chi connectivity index (χ2n) is 13.1. The predicted molar refractivity (Wildman–Crippen MR) is 224 cm³/mol. The van der Waals surface area contributed by atoms with Crippen molar-refractivity contribution in [2.45, 2.75) is 163 Å². The Labute approximate surface area is 324 Å². The van der Waals surface area contributed by atoms with Crippen LogP contribution in [0, 0.1) is 11.8 Å². The first-order valence-electron chi connectivity index (χ1n) is 19.0. The number of nitrogens with zero attached hydrogens (tertiary/aromatic N) is 2. The molecule has 1 aliphatic rings. The molecule has 0 unspecified atom stereocenters. The van der Waals surface area contributed by atoms with Gasteiger partial charge in [0.2, 0.25) is 11.4 Å². The van der Waals surface area contributed by atoms with E-state index >= 15 is 0 Å². The van der Waals surface area contributed by atoms with Crippen molar-refractivity contribution in [1.82, 2.24) is 0 Å². The predicted octanol–water partition coefficient (Wildman–Crippen LogP) is 15.2. The van der Waals surface area contributed by atoms with E-state index in [9.17, 15) is 5.53 Å². The summed E-state index contributed by atoms with van der Waals surface area (Å²) in [5.41, 5.74) is 21.7. The molecular weight excluding hydrogens is 857 g/mol. The Kier molecular flexibility index (Phi) is 24.9. The maximum absolute atomic E-state index is 12.1. The van der Waals surface area contributed by atoms with Crippen molar-refractivity contribution in [2.75, 3.05) is 0 Å². The molecular formula is C43H62I2N2Ni. The van der Waals surface area contributed by atoms with E-state index in [1.165, 1.54) is 105 Å². The van der Waals surface area contributed by atoms with Crippen LogP contribution in [-0.2, 0) is 20.9 Å². The van der Waals surface area contributed by atoms with Gasteiger partial charge >= 0.3 is 49.0 Å². The molecule has 0 amide bonds. The van der Waals surface area contributed by atoms with E-state index in [1.807, 2.05) is 0 Å². The zero-order valence-corrected chi connectivity index (χ0v) is 35.7. The van der Waals surface area contributed by atoms with Crippen molar-refractivity contribution in [3.8, 4) is 11.8 Å². The summed E-state index contributed by atoms with van der Waals surface area (Å²) in [7, 11) is 1.56. The zero-order valence-electron chi connectivity index (χ0n) is 30.4. The fraction of sp³-hybridized carbons (Fsp3) is 0.581. The van der Waals surface area contributed by atoms with Crippen LogP contribution in [0.4, 0.5) is 0 Å². The summed E-state index contributed by atoms with van der Waals surface area (Å²) in [5.74, 6) is 6.92. The molecule has 0 aromatic heterocycles. The van der Waals surface area contributed by atoms with Crippen LogP contribution in [0.15, 0.2) is 59.7 Å². The molecule has 0 radical (unpaired) electrons. The van der Waals surface area contributed by atoms with Crippen molar-refractivity contribution in [3.63, 3.8) is 0 Å². The fourth-order valence-corrected chi connectivity index (χ4v) is 6.57. The van der Waals surface area contributed by atoms with Crippen molar-refractivity contribution < 1.29 is 12.8 Å². The van der Waals surface area contributed by atoms with Gasteiger partial charge in [-0.1, -0.05) is 129 Å². The van der Waals surface area contributed by atoms with E-state index in [0.29, 0.717) is 0 Å². The number of allylic oxidation sites excluding steroid dienone is 2. The molecule has 5 heteroatoms. The molecule has 1 heterocycles. The van der Waals surface area contributed by atoms with Crippen molar-refractivity contribution >= 4 is 52.4 Å². The fourth-order valence-electron chi connectivity index (χ4n) is 6.57. The Bertz CT molecular complexity index is 1320. The first kappa shape index (κ1) is 43.2.